The van der Waals surface area contributed by atoms with Gasteiger partial charge in [0.15, 0.2) is 0 Å². The first kappa shape index (κ1) is 14.9. The number of para-hydroxylation sites is 2. The molecule has 0 aliphatic carbocycles. The summed E-state index contributed by atoms with van der Waals surface area (Å²) in [6.07, 6.45) is 0. The molecule has 1 heterocycles. The Morgan fingerprint density at radius 3 is 2.20 bits per heavy atom. The van der Waals surface area contributed by atoms with Crippen molar-refractivity contribution in [2.45, 2.75) is 0 Å². The topological polar surface area (TPSA) is 95.3 Å². The van der Waals surface area contributed by atoms with Crippen molar-refractivity contribution in [2.24, 2.45) is 0 Å². The van der Waals surface area contributed by atoms with E-state index < -0.39 is 5.97 Å². The zero-order valence-corrected chi connectivity index (χ0v) is 13.0. The molecule has 0 saturated carbocycles. The summed E-state index contributed by atoms with van der Waals surface area (Å²) in [4.78, 5) is 20.0. The Hall–Kier alpha value is -3.67. The summed E-state index contributed by atoms with van der Waals surface area (Å²) in [5, 5.41) is 22.1. The number of benzene rings is 3. The number of carboxylic acid groups (broad SMARTS) is 1. The van der Waals surface area contributed by atoms with Gasteiger partial charge in [-0.3, -0.25) is 0 Å². The zero-order valence-electron chi connectivity index (χ0n) is 13.0. The molecular formula is C19H13N3O3. The minimum absolute atomic E-state index is 0.0921. The second-order valence-electron chi connectivity index (χ2n) is 5.55. The number of aromatic nitrogens is 2. The number of nitrogens with zero attached hydrogens (tertiary/aromatic N) is 2. The minimum Gasteiger partial charge on any atom is -0.506 e. The highest BCUT2D eigenvalue weighted by molar-refractivity contribution is 5.96. The van der Waals surface area contributed by atoms with Crippen LogP contribution in [0.2, 0.25) is 0 Å². The third-order valence-electron chi connectivity index (χ3n) is 3.88. The van der Waals surface area contributed by atoms with Crippen LogP contribution in [0.4, 0.5) is 11.4 Å². The summed E-state index contributed by atoms with van der Waals surface area (Å²) in [5.41, 5.74) is 4.10. The molecule has 0 aliphatic heterocycles. The molecule has 0 fully saturated rings. The summed E-state index contributed by atoms with van der Waals surface area (Å²) < 4.78 is 0. The van der Waals surface area contributed by atoms with Crippen LogP contribution in [-0.2, 0) is 0 Å². The van der Waals surface area contributed by atoms with Crippen molar-refractivity contribution in [1.82, 2.24) is 9.97 Å². The number of anilines is 2. The van der Waals surface area contributed by atoms with E-state index in [1.54, 1.807) is 30.3 Å². The molecule has 6 nitrogen and oxygen atoms in total. The molecule has 0 saturated heterocycles. The van der Waals surface area contributed by atoms with E-state index in [0.29, 0.717) is 22.1 Å². The molecule has 1 aromatic heterocycles. The van der Waals surface area contributed by atoms with E-state index in [4.69, 9.17) is 5.11 Å². The molecule has 3 aromatic carbocycles. The Balaban J connectivity index is 1.80. The fourth-order valence-electron chi connectivity index (χ4n) is 2.66. The largest absolute Gasteiger partial charge is 0.506 e. The number of phenolic OH excluding ortho intramolecular Hbond substituents is 1. The molecule has 25 heavy (non-hydrogen) atoms. The van der Waals surface area contributed by atoms with Crippen molar-refractivity contribution >= 4 is 39.4 Å². The number of aromatic hydroxyl groups is 1. The molecule has 3 N–H and O–H groups in total. The van der Waals surface area contributed by atoms with Gasteiger partial charge in [-0.05, 0) is 48.5 Å². The molecule has 4 aromatic rings. The van der Waals surface area contributed by atoms with Crippen molar-refractivity contribution in [3.63, 3.8) is 0 Å². The van der Waals surface area contributed by atoms with Crippen molar-refractivity contribution in [3.05, 3.63) is 66.2 Å². The fourth-order valence-corrected chi connectivity index (χ4v) is 2.66. The summed E-state index contributed by atoms with van der Waals surface area (Å²) in [7, 11) is 0. The first-order valence-electron chi connectivity index (χ1n) is 7.61. The lowest BCUT2D eigenvalue weighted by atomic mass is 10.2. The number of rotatable bonds is 3. The van der Waals surface area contributed by atoms with Gasteiger partial charge in [0.2, 0.25) is 0 Å². The number of hydrogen-bond donors (Lipinski definition) is 3. The third kappa shape index (κ3) is 2.70. The molecule has 0 spiro atoms. The molecular weight excluding hydrogens is 318 g/mol. The third-order valence-corrected chi connectivity index (χ3v) is 3.88. The van der Waals surface area contributed by atoms with Crippen LogP contribution in [0.1, 0.15) is 10.4 Å². The molecule has 0 aliphatic rings. The lowest BCUT2D eigenvalue weighted by Crippen LogP contribution is -1.98. The van der Waals surface area contributed by atoms with E-state index >= 15 is 0 Å². The number of nitrogens with one attached hydrogen (secondary N) is 1. The van der Waals surface area contributed by atoms with Gasteiger partial charge in [0.1, 0.15) is 16.8 Å². The first-order valence-corrected chi connectivity index (χ1v) is 7.61. The maximum absolute atomic E-state index is 10.9. The van der Waals surface area contributed by atoms with E-state index in [1.165, 1.54) is 12.1 Å². The van der Waals surface area contributed by atoms with Crippen molar-refractivity contribution in [1.29, 1.82) is 0 Å². The van der Waals surface area contributed by atoms with Gasteiger partial charge in [0.05, 0.1) is 22.3 Å². The van der Waals surface area contributed by atoms with Crippen LogP contribution in [0.5, 0.6) is 5.75 Å². The highest BCUT2D eigenvalue weighted by Crippen LogP contribution is 2.28. The molecule has 0 atom stereocenters. The highest BCUT2D eigenvalue weighted by atomic mass is 16.4. The second kappa shape index (κ2) is 5.76. The number of aromatic carboxylic acids is 1. The van der Waals surface area contributed by atoms with Crippen LogP contribution in [0.3, 0.4) is 0 Å². The lowest BCUT2D eigenvalue weighted by Gasteiger charge is -2.10. The zero-order chi connectivity index (χ0) is 17.4. The summed E-state index contributed by atoms with van der Waals surface area (Å²) in [6.45, 7) is 0. The van der Waals surface area contributed by atoms with Crippen molar-refractivity contribution < 1.29 is 15.0 Å². The van der Waals surface area contributed by atoms with Gasteiger partial charge in [-0.2, -0.15) is 0 Å². The van der Waals surface area contributed by atoms with E-state index in [-0.39, 0.29) is 11.3 Å². The Morgan fingerprint density at radius 2 is 1.48 bits per heavy atom. The van der Waals surface area contributed by atoms with Gasteiger partial charge in [0, 0.05) is 5.69 Å². The van der Waals surface area contributed by atoms with Gasteiger partial charge in [-0.1, -0.05) is 12.1 Å². The molecule has 6 heteroatoms. The number of phenols is 1. The van der Waals surface area contributed by atoms with Crippen molar-refractivity contribution in [3.8, 4) is 5.75 Å². The molecule has 0 amide bonds. The summed E-state index contributed by atoms with van der Waals surface area (Å²) in [5.74, 6) is -0.872. The Kier molecular flexibility index (Phi) is 3.43. The fraction of sp³-hybridized carbons (Fsp3) is 0. The standard InChI is InChI=1S/C19H13N3O3/c23-16-6-2-5-15-18(16)22-14-4-1-3-13(17(14)21-15)20-12-9-7-11(8-10-12)19(24)25/h1-10,20,23H,(H,24,25). The average Bonchev–Trinajstić information content (AvgIpc) is 2.62. The van der Waals surface area contributed by atoms with E-state index in [0.717, 1.165) is 11.4 Å². The van der Waals surface area contributed by atoms with Gasteiger partial charge >= 0.3 is 5.97 Å². The predicted molar refractivity (Wildman–Crippen MR) is 95.4 cm³/mol. The van der Waals surface area contributed by atoms with Crippen LogP contribution in [0.15, 0.2) is 60.7 Å². The first-order chi connectivity index (χ1) is 12.1. The van der Waals surface area contributed by atoms with E-state index in [9.17, 15) is 9.90 Å². The SMILES string of the molecule is O=C(O)c1ccc(Nc2cccc3nc4c(O)cccc4nc23)cc1. The quantitative estimate of drug-likeness (QED) is 0.492. The molecule has 0 radical (unpaired) electrons. The molecule has 0 unspecified atom stereocenters. The van der Waals surface area contributed by atoms with Gasteiger partial charge in [-0.25, -0.2) is 14.8 Å². The smallest absolute Gasteiger partial charge is 0.335 e. The van der Waals surface area contributed by atoms with Crippen LogP contribution in [0, 0.1) is 0 Å². The number of carbonyl (C=O) groups is 1. The van der Waals surface area contributed by atoms with Gasteiger partial charge < -0.3 is 15.5 Å². The summed E-state index contributed by atoms with van der Waals surface area (Å²) >= 11 is 0. The monoisotopic (exact) mass is 331 g/mol. The minimum atomic E-state index is -0.964. The van der Waals surface area contributed by atoms with Crippen LogP contribution < -0.4 is 5.32 Å². The molecule has 4 rings (SSSR count). The van der Waals surface area contributed by atoms with Crippen molar-refractivity contribution in [2.75, 3.05) is 5.32 Å². The Labute approximate surface area is 142 Å². The number of fused-ring (bicyclic) bond motifs is 2. The maximum atomic E-state index is 10.9. The van der Waals surface area contributed by atoms with Crippen LogP contribution in [-0.4, -0.2) is 26.2 Å². The number of carboxylic acids is 1. The lowest BCUT2D eigenvalue weighted by molar-refractivity contribution is 0.0697. The predicted octanol–water partition coefficient (Wildman–Crippen LogP) is 3.93. The van der Waals surface area contributed by atoms with E-state index in [2.05, 4.69) is 15.3 Å². The maximum Gasteiger partial charge on any atom is 0.335 e. The normalized spacial score (nSPS) is 10.9. The average molecular weight is 331 g/mol. The molecule has 0 bridgehead atoms. The Morgan fingerprint density at radius 1 is 0.840 bits per heavy atom. The van der Waals surface area contributed by atoms with Gasteiger partial charge in [-0.15, -0.1) is 0 Å². The van der Waals surface area contributed by atoms with Crippen LogP contribution >= 0.6 is 0 Å². The number of hydrogen-bond acceptors (Lipinski definition) is 5. The van der Waals surface area contributed by atoms with E-state index in [1.807, 2.05) is 18.2 Å². The Bertz CT molecular complexity index is 1110. The second-order valence-corrected chi connectivity index (χ2v) is 5.55. The summed E-state index contributed by atoms with van der Waals surface area (Å²) in [6, 6.07) is 17.1. The van der Waals surface area contributed by atoms with Crippen LogP contribution in [0.25, 0.3) is 22.1 Å². The molecule has 122 valence electrons. The highest BCUT2D eigenvalue weighted by Gasteiger charge is 2.09. The van der Waals surface area contributed by atoms with Gasteiger partial charge in [0.25, 0.3) is 0 Å².